The second-order valence-corrected chi connectivity index (χ2v) is 5.90. The van der Waals surface area contributed by atoms with Crippen LogP contribution in [0.1, 0.15) is 17.5 Å². The van der Waals surface area contributed by atoms with Gasteiger partial charge in [-0.1, -0.05) is 28.1 Å². The van der Waals surface area contributed by atoms with E-state index in [-0.39, 0.29) is 6.03 Å². The molecule has 0 saturated carbocycles. The lowest BCUT2D eigenvalue weighted by Gasteiger charge is -2.21. The number of benzene rings is 1. The van der Waals surface area contributed by atoms with Crippen LogP contribution in [0.15, 0.2) is 22.7 Å². The first-order chi connectivity index (χ1) is 9.06. The molecular formula is C14H20BrN3O. The first kappa shape index (κ1) is 14.3. The first-order valence-electron chi connectivity index (χ1n) is 6.58. The Kier molecular flexibility index (Phi) is 4.82. The number of hydrogen-bond donors (Lipinski definition) is 1. The van der Waals surface area contributed by atoms with Crippen LogP contribution < -0.4 is 5.73 Å². The number of primary amides is 1. The molecule has 1 aliphatic heterocycles. The number of carbonyl (C=O) groups excluding carboxylic acids is 1. The maximum Gasteiger partial charge on any atom is 0.314 e. The third-order valence-corrected chi connectivity index (χ3v) is 4.24. The molecule has 0 atom stereocenters. The molecule has 1 fully saturated rings. The second kappa shape index (κ2) is 6.39. The lowest BCUT2D eigenvalue weighted by molar-refractivity contribution is 0.207. The van der Waals surface area contributed by atoms with Crippen LogP contribution in [0.4, 0.5) is 4.79 Å². The SMILES string of the molecule is Cc1ccc(CN2CCCN(C(N)=O)CC2)c(Br)c1. The number of halogens is 1. The van der Waals surface area contributed by atoms with Gasteiger partial charge in [-0.2, -0.15) is 0 Å². The number of aryl methyl sites for hydroxylation is 1. The highest BCUT2D eigenvalue weighted by atomic mass is 79.9. The van der Waals surface area contributed by atoms with E-state index in [1.54, 1.807) is 4.90 Å². The fourth-order valence-electron chi connectivity index (χ4n) is 2.37. The molecule has 4 nitrogen and oxygen atoms in total. The van der Waals surface area contributed by atoms with Gasteiger partial charge in [-0.25, -0.2) is 4.79 Å². The number of nitrogens with zero attached hydrogens (tertiary/aromatic N) is 2. The third-order valence-electron chi connectivity index (χ3n) is 3.50. The standard InChI is InChI=1S/C14H20BrN3O/c1-11-3-4-12(13(15)9-11)10-17-5-2-6-18(8-7-17)14(16)19/h3-4,9H,2,5-8,10H2,1H3,(H2,16,19). The summed E-state index contributed by atoms with van der Waals surface area (Å²) in [5.41, 5.74) is 7.88. The molecule has 1 aliphatic rings. The van der Waals surface area contributed by atoms with Crippen LogP contribution >= 0.6 is 15.9 Å². The van der Waals surface area contributed by atoms with Gasteiger partial charge in [-0.15, -0.1) is 0 Å². The Hall–Kier alpha value is -1.07. The number of nitrogens with two attached hydrogens (primary N) is 1. The quantitative estimate of drug-likeness (QED) is 0.907. The van der Waals surface area contributed by atoms with Crippen LogP contribution in [0.25, 0.3) is 0 Å². The number of urea groups is 1. The van der Waals surface area contributed by atoms with Gasteiger partial charge in [-0.3, -0.25) is 4.90 Å². The van der Waals surface area contributed by atoms with Crippen LogP contribution in [-0.4, -0.2) is 42.0 Å². The van der Waals surface area contributed by atoms with Crippen LogP contribution in [-0.2, 0) is 6.54 Å². The van der Waals surface area contributed by atoms with Crippen molar-refractivity contribution in [2.24, 2.45) is 5.73 Å². The zero-order valence-electron chi connectivity index (χ0n) is 11.2. The topological polar surface area (TPSA) is 49.6 Å². The van der Waals surface area contributed by atoms with Crippen LogP contribution in [0.2, 0.25) is 0 Å². The van der Waals surface area contributed by atoms with Gasteiger partial charge in [0.1, 0.15) is 0 Å². The summed E-state index contributed by atoms with van der Waals surface area (Å²) in [5.74, 6) is 0. The van der Waals surface area contributed by atoms with E-state index in [0.29, 0.717) is 0 Å². The van der Waals surface area contributed by atoms with Crippen molar-refractivity contribution < 1.29 is 4.79 Å². The van der Waals surface area contributed by atoms with Gasteiger partial charge in [0.15, 0.2) is 0 Å². The Morgan fingerprint density at radius 1 is 1.32 bits per heavy atom. The Balaban J connectivity index is 1.97. The average molecular weight is 326 g/mol. The molecule has 1 heterocycles. The van der Waals surface area contributed by atoms with Crippen LogP contribution in [0, 0.1) is 6.92 Å². The monoisotopic (exact) mass is 325 g/mol. The van der Waals surface area contributed by atoms with E-state index >= 15 is 0 Å². The van der Waals surface area contributed by atoms with E-state index in [0.717, 1.165) is 43.6 Å². The summed E-state index contributed by atoms with van der Waals surface area (Å²) < 4.78 is 1.16. The molecule has 2 rings (SSSR count). The molecule has 0 spiro atoms. The van der Waals surface area contributed by atoms with Crippen molar-refractivity contribution in [3.63, 3.8) is 0 Å². The van der Waals surface area contributed by atoms with Gasteiger partial charge >= 0.3 is 6.03 Å². The predicted octanol–water partition coefficient (Wildman–Crippen LogP) is 2.34. The summed E-state index contributed by atoms with van der Waals surface area (Å²) in [5, 5.41) is 0. The predicted molar refractivity (Wildman–Crippen MR) is 79.9 cm³/mol. The maximum atomic E-state index is 11.2. The summed E-state index contributed by atoms with van der Waals surface area (Å²) in [4.78, 5) is 15.3. The lowest BCUT2D eigenvalue weighted by atomic mass is 10.1. The van der Waals surface area contributed by atoms with Gasteiger partial charge in [0.2, 0.25) is 0 Å². The highest BCUT2D eigenvalue weighted by Crippen LogP contribution is 2.20. The van der Waals surface area contributed by atoms with Crippen LogP contribution in [0.3, 0.4) is 0 Å². The van der Waals surface area contributed by atoms with E-state index in [9.17, 15) is 4.79 Å². The molecule has 0 aromatic heterocycles. The fraction of sp³-hybridized carbons (Fsp3) is 0.500. The summed E-state index contributed by atoms with van der Waals surface area (Å²) in [6, 6.07) is 6.13. The zero-order chi connectivity index (χ0) is 13.8. The molecule has 0 radical (unpaired) electrons. The van der Waals surface area contributed by atoms with E-state index in [1.807, 2.05) is 0 Å². The number of hydrogen-bond acceptors (Lipinski definition) is 2. The van der Waals surface area contributed by atoms with Crippen molar-refractivity contribution in [2.75, 3.05) is 26.2 Å². The molecule has 2 amide bonds. The van der Waals surface area contributed by atoms with E-state index in [4.69, 9.17) is 5.73 Å². The molecule has 1 saturated heterocycles. The summed E-state index contributed by atoms with van der Waals surface area (Å²) in [6.45, 7) is 6.37. The molecule has 104 valence electrons. The normalized spacial score (nSPS) is 17.3. The number of amides is 2. The highest BCUT2D eigenvalue weighted by Gasteiger charge is 2.17. The van der Waals surface area contributed by atoms with Gasteiger partial charge in [0, 0.05) is 37.2 Å². The molecule has 1 aromatic rings. The molecule has 0 aliphatic carbocycles. The van der Waals surface area contributed by atoms with Gasteiger partial charge < -0.3 is 10.6 Å². The zero-order valence-corrected chi connectivity index (χ0v) is 12.8. The van der Waals surface area contributed by atoms with Crippen molar-refractivity contribution in [1.82, 2.24) is 9.80 Å². The molecular weight excluding hydrogens is 306 g/mol. The fourth-order valence-corrected chi connectivity index (χ4v) is 2.99. The van der Waals surface area contributed by atoms with Gasteiger partial charge in [0.05, 0.1) is 0 Å². The Labute approximate surface area is 122 Å². The lowest BCUT2D eigenvalue weighted by Crippen LogP contribution is -2.38. The van der Waals surface area contributed by atoms with Gasteiger partial charge in [-0.05, 0) is 30.5 Å². The van der Waals surface area contributed by atoms with E-state index in [2.05, 4.69) is 46.0 Å². The average Bonchev–Trinajstić information content (AvgIpc) is 2.58. The summed E-state index contributed by atoms with van der Waals surface area (Å²) in [7, 11) is 0. The molecule has 2 N–H and O–H groups in total. The molecule has 0 unspecified atom stereocenters. The molecule has 0 bridgehead atoms. The van der Waals surface area contributed by atoms with Crippen LogP contribution in [0.5, 0.6) is 0 Å². The van der Waals surface area contributed by atoms with Crippen molar-refractivity contribution in [2.45, 2.75) is 19.9 Å². The molecule has 19 heavy (non-hydrogen) atoms. The molecule has 5 heteroatoms. The number of carbonyl (C=O) groups is 1. The van der Waals surface area contributed by atoms with Crippen molar-refractivity contribution in [3.8, 4) is 0 Å². The molecule has 1 aromatic carbocycles. The van der Waals surface area contributed by atoms with Crippen molar-refractivity contribution in [3.05, 3.63) is 33.8 Å². The van der Waals surface area contributed by atoms with E-state index < -0.39 is 0 Å². The van der Waals surface area contributed by atoms with E-state index in [1.165, 1.54) is 11.1 Å². The minimum atomic E-state index is -0.307. The summed E-state index contributed by atoms with van der Waals surface area (Å²) in [6.07, 6.45) is 0.979. The summed E-state index contributed by atoms with van der Waals surface area (Å²) >= 11 is 3.62. The minimum absolute atomic E-state index is 0.307. The highest BCUT2D eigenvalue weighted by molar-refractivity contribution is 9.10. The second-order valence-electron chi connectivity index (χ2n) is 5.05. The Morgan fingerprint density at radius 2 is 2.11 bits per heavy atom. The Morgan fingerprint density at radius 3 is 2.79 bits per heavy atom. The third kappa shape index (κ3) is 3.94. The van der Waals surface area contributed by atoms with Gasteiger partial charge in [0.25, 0.3) is 0 Å². The first-order valence-corrected chi connectivity index (χ1v) is 7.37. The maximum absolute atomic E-state index is 11.2. The Bertz CT molecular complexity index is 464. The minimum Gasteiger partial charge on any atom is -0.351 e. The van der Waals surface area contributed by atoms with Crippen molar-refractivity contribution in [1.29, 1.82) is 0 Å². The smallest absolute Gasteiger partial charge is 0.314 e. The largest absolute Gasteiger partial charge is 0.351 e. The van der Waals surface area contributed by atoms with Crippen molar-refractivity contribution >= 4 is 22.0 Å². The number of rotatable bonds is 2.